The highest BCUT2D eigenvalue weighted by molar-refractivity contribution is 5.93. The summed E-state index contributed by atoms with van der Waals surface area (Å²) in [5.74, 6) is -0.480. The summed E-state index contributed by atoms with van der Waals surface area (Å²) in [5, 5.41) is 17.3. The summed E-state index contributed by atoms with van der Waals surface area (Å²) >= 11 is 0. The molecule has 0 saturated carbocycles. The van der Waals surface area contributed by atoms with Gasteiger partial charge in [0.2, 0.25) is 11.8 Å². The average Bonchev–Trinajstić information content (AvgIpc) is 2.59. The summed E-state index contributed by atoms with van der Waals surface area (Å²) in [6.45, 7) is 7.28. The zero-order chi connectivity index (χ0) is 16.8. The predicted octanol–water partition coefficient (Wildman–Crippen LogP) is 2.15. The van der Waals surface area contributed by atoms with E-state index in [4.69, 9.17) is 0 Å². The van der Waals surface area contributed by atoms with Crippen molar-refractivity contribution in [2.45, 2.75) is 13.1 Å². The van der Waals surface area contributed by atoms with Crippen molar-refractivity contribution >= 4 is 22.6 Å². The van der Waals surface area contributed by atoms with Crippen LogP contribution in [0.1, 0.15) is 11.1 Å². The molecular formula is C18H18N2O3. The number of phenolic OH excluding ortho intramolecular Hbond substituents is 1. The maximum atomic E-state index is 11.4. The first-order valence-corrected chi connectivity index (χ1v) is 7.09. The minimum Gasteiger partial charge on any atom is -0.507 e. The molecule has 0 unspecified atom stereocenters. The van der Waals surface area contributed by atoms with Gasteiger partial charge < -0.3 is 15.7 Å². The van der Waals surface area contributed by atoms with Crippen molar-refractivity contribution in [1.82, 2.24) is 10.6 Å². The fourth-order valence-corrected chi connectivity index (χ4v) is 2.29. The van der Waals surface area contributed by atoms with E-state index in [1.54, 1.807) is 12.1 Å². The SMILES string of the molecule is C=CC(=O)NCc1cc(CNC(=O)C=C)c2ccccc2c1O. The molecule has 2 amide bonds. The molecule has 0 fully saturated rings. The summed E-state index contributed by atoms with van der Waals surface area (Å²) in [6, 6.07) is 9.11. The summed E-state index contributed by atoms with van der Waals surface area (Å²) < 4.78 is 0. The van der Waals surface area contributed by atoms with Gasteiger partial charge in [0.1, 0.15) is 5.75 Å². The van der Waals surface area contributed by atoms with Crippen LogP contribution in [0, 0.1) is 0 Å². The van der Waals surface area contributed by atoms with Crippen LogP contribution >= 0.6 is 0 Å². The number of benzene rings is 2. The molecule has 0 bridgehead atoms. The fourth-order valence-electron chi connectivity index (χ4n) is 2.29. The third kappa shape index (κ3) is 3.77. The number of carbonyl (C=O) groups excluding carboxylic acids is 2. The van der Waals surface area contributed by atoms with Gasteiger partial charge in [-0.15, -0.1) is 0 Å². The van der Waals surface area contributed by atoms with E-state index in [0.29, 0.717) is 17.5 Å². The maximum Gasteiger partial charge on any atom is 0.243 e. The molecule has 0 spiro atoms. The molecule has 0 aromatic heterocycles. The van der Waals surface area contributed by atoms with E-state index in [0.717, 1.165) is 10.9 Å². The van der Waals surface area contributed by atoms with Gasteiger partial charge in [-0.05, 0) is 29.2 Å². The van der Waals surface area contributed by atoms with Crippen LogP contribution in [0.4, 0.5) is 0 Å². The highest BCUT2D eigenvalue weighted by Gasteiger charge is 2.12. The molecular weight excluding hydrogens is 292 g/mol. The first-order valence-electron chi connectivity index (χ1n) is 7.09. The molecule has 0 radical (unpaired) electrons. The normalized spacial score (nSPS) is 10.1. The monoisotopic (exact) mass is 310 g/mol. The second-order valence-corrected chi connectivity index (χ2v) is 4.93. The van der Waals surface area contributed by atoms with E-state index < -0.39 is 0 Å². The van der Waals surface area contributed by atoms with Crippen molar-refractivity contribution in [3.63, 3.8) is 0 Å². The lowest BCUT2D eigenvalue weighted by Gasteiger charge is -2.14. The Morgan fingerprint density at radius 2 is 1.48 bits per heavy atom. The highest BCUT2D eigenvalue weighted by atomic mass is 16.3. The van der Waals surface area contributed by atoms with Gasteiger partial charge >= 0.3 is 0 Å². The van der Waals surface area contributed by atoms with Gasteiger partial charge in [-0.1, -0.05) is 37.4 Å². The summed E-state index contributed by atoms with van der Waals surface area (Å²) in [5.41, 5.74) is 1.42. The molecule has 0 aliphatic carbocycles. The van der Waals surface area contributed by atoms with Crippen molar-refractivity contribution < 1.29 is 14.7 Å². The van der Waals surface area contributed by atoms with E-state index in [1.807, 2.05) is 18.2 Å². The molecule has 23 heavy (non-hydrogen) atoms. The second-order valence-electron chi connectivity index (χ2n) is 4.93. The highest BCUT2D eigenvalue weighted by Crippen LogP contribution is 2.31. The Bertz CT molecular complexity index is 781. The van der Waals surface area contributed by atoms with Crippen molar-refractivity contribution in [1.29, 1.82) is 0 Å². The molecule has 118 valence electrons. The summed E-state index contributed by atoms with van der Waals surface area (Å²) in [4.78, 5) is 22.7. The third-order valence-corrected chi connectivity index (χ3v) is 3.46. The van der Waals surface area contributed by atoms with Crippen LogP contribution in [0.2, 0.25) is 0 Å². The van der Waals surface area contributed by atoms with E-state index in [-0.39, 0.29) is 24.1 Å². The maximum absolute atomic E-state index is 11.4. The first-order chi connectivity index (χ1) is 11.1. The van der Waals surface area contributed by atoms with Gasteiger partial charge in [0, 0.05) is 24.0 Å². The van der Waals surface area contributed by atoms with Crippen LogP contribution in [0.25, 0.3) is 10.8 Å². The van der Waals surface area contributed by atoms with Gasteiger partial charge in [-0.3, -0.25) is 9.59 Å². The predicted molar refractivity (Wildman–Crippen MR) is 89.7 cm³/mol. The van der Waals surface area contributed by atoms with E-state index in [1.165, 1.54) is 12.2 Å². The molecule has 3 N–H and O–H groups in total. The number of phenols is 1. The van der Waals surface area contributed by atoms with Crippen LogP contribution in [0.15, 0.2) is 55.6 Å². The van der Waals surface area contributed by atoms with Crippen molar-refractivity contribution in [3.05, 3.63) is 66.8 Å². The molecule has 0 aliphatic rings. The standard InChI is InChI=1S/C18H18N2O3/c1-3-16(21)19-10-12-9-13(11-20-17(22)4-2)18(23)15-8-6-5-7-14(12)15/h3-9,23H,1-2,10-11H2,(H,19,21)(H,20,22). The third-order valence-electron chi connectivity index (χ3n) is 3.46. The van der Waals surface area contributed by atoms with Crippen LogP contribution in [-0.4, -0.2) is 16.9 Å². The van der Waals surface area contributed by atoms with E-state index in [9.17, 15) is 14.7 Å². The number of amides is 2. The Morgan fingerprint density at radius 1 is 0.957 bits per heavy atom. The number of hydrogen-bond acceptors (Lipinski definition) is 3. The molecule has 0 heterocycles. The number of carbonyl (C=O) groups is 2. The smallest absolute Gasteiger partial charge is 0.243 e. The Labute approximate surface area is 134 Å². The van der Waals surface area contributed by atoms with Crippen LogP contribution < -0.4 is 10.6 Å². The molecule has 0 atom stereocenters. The van der Waals surface area contributed by atoms with E-state index >= 15 is 0 Å². The Balaban J connectivity index is 2.41. The molecule has 0 saturated heterocycles. The molecule has 2 aromatic rings. The minimum absolute atomic E-state index is 0.115. The number of rotatable bonds is 6. The van der Waals surface area contributed by atoms with Crippen LogP contribution in [-0.2, 0) is 22.7 Å². The van der Waals surface area contributed by atoms with Crippen LogP contribution in [0.5, 0.6) is 5.75 Å². The molecule has 5 nitrogen and oxygen atoms in total. The lowest BCUT2D eigenvalue weighted by molar-refractivity contribution is -0.117. The number of fused-ring (bicyclic) bond motifs is 1. The zero-order valence-electron chi connectivity index (χ0n) is 12.6. The molecule has 0 aliphatic heterocycles. The summed E-state index contributed by atoms with van der Waals surface area (Å²) in [7, 11) is 0. The minimum atomic E-state index is -0.320. The van der Waals surface area contributed by atoms with Gasteiger partial charge in [0.05, 0.1) is 0 Å². The number of hydrogen-bond donors (Lipinski definition) is 3. The molecule has 5 heteroatoms. The first kappa shape index (κ1) is 16.3. The summed E-state index contributed by atoms with van der Waals surface area (Å²) in [6.07, 6.45) is 2.37. The van der Waals surface area contributed by atoms with Gasteiger partial charge in [-0.25, -0.2) is 0 Å². The van der Waals surface area contributed by atoms with Crippen molar-refractivity contribution in [2.24, 2.45) is 0 Å². The fraction of sp³-hybridized carbons (Fsp3) is 0.111. The average molecular weight is 310 g/mol. The van der Waals surface area contributed by atoms with Crippen molar-refractivity contribution in [3.8, 4) is 5.75 Å². The van der Waals surface area contributed by atoms with Crippen LogP contribution in [0.3, 0.4) is 0 Å². The lowest BCUT2D eigenvalue weighted by atomic mass is 9.99. The Kier molecular flexibility index (Phi) is 5.15. The Hall–Kier alpha value is -3.08. The zero-order valence-corrected chi connectivity index (χ0v) is 12.6. The Morgan fingerprint density at radius 3 is 2.04 bits per heavy atom. The lowest BCUT2D eigenvalue weighted by Crippen LogP contribution is -2.22. The number of nitrogens with one attached hydrogen (secondary N) is 2. The molecule has 2 rings (SSSR count). The number of aromatic hydroxyl groups is 1. The van der Waals surface area contributed by atoms with Crippen molar-refractivity contribution in [2.75, 3.05) is 0 Å². The van der Waals surface area contributed by atoms with Gasteiger partial charge in [-0.2, -0.15) is 0 Å². The van der Waals surface area contributed by atoms with E-state index in [2.05, 4.69) is 23.8 Å². The largest absolute Gasteiger partial charge is 0.507 e. The quantitative estimate of drug-likeness (QED) is 0.715. The topological polar surface area (TPSA) is 78.4 Å². The van der Waals surface area contributed by atoms with Gasteiger partial charge in [0.15, 0.2) is 0 Å². The second kappa shape index (κ2) is 7.26. The molecule has 2 aromatic carbocycles. The van der Waals surface area contributed by atoms with Gasteiger partial charge in [0.25, 0.3) is 0 Å².